The van der Waals surface area contributed by atoms with E-state index in [0.29, 0.717) is 25.7 Å². The molecular weight excluding hydrogens is 432 g/mol. The Morgan fingerprint density at radius 2 is 1.79 bits per heavy atom. The molecular formula is C27H40N2O5. The quantitative estimate of drug-likeness (QED) is 0.253. The molecule has 0 aliphatic rings. The third-order valence-electron chi connectivity index (χ3n) is 5.35. The number of carbonyl (C=O) groups excluding carboxylic acids is 3. The number of benzene rings is 1. The first-order valence-corrected chi connectivity index (χ1v) is 11.8. The molecule has 1 aromatic rings. The van der Waals surface area contributed by atoms with Crippen LogP contribution in [0.4, 0.5) is 0 Å². The van der Waals surface area contributed by atoms with Crippen molar-refractivity contribution in [2.24, 2.45) is 11.8 Å². The van der Waals surface area contributed by atoms with E-state index < -0.39 is 11.5 Å². The topological polar surface area (TPSA) is 105 Å². The molecule has 0 spiro atoms. The average molecular weight is 473 g/mol. The fourth-order valence-electron chi connectivity index (χ4n) is 3.45. The maximum Gasteiger partial charge on any atom is 0.309 e. The predicted octanol–water partition coefficient (Wildman–Crippen LogP) is 3.33. The Kier molecular flexibility index (Phi) is 12.9. The van der Waals surface area contributed by atoms with E-state index in [-0.39, 0.29) is 49.4 Å². The van der Waals surface area contributed by atoms with Crippen LogP contribution in [0.25, 0.3) is 0 Å². The summed E-state index contributed by atoms with van der Waals surface area (Å²) >= 11 is 0. The van der Waals surface area contributed by atoms with Crippen LogP contribution >= 0.6 is 0 Å². The van der Waals surface area contributed by atoms with Crippen molar-refractivity contribution in [1.82, 2.24) is 10.6 Å². The molecule has 1 rings (SSSR count). The molecule has 0 radical (unpaired) electrons. The lowest BCUT2D eigenvalue weighted by atomic mass is 9.94. The molecule has 3 N–H and O–H groups in total. The number of ether oxygens (including phenoxy) is 1. The fourth-order valence-corrected chi connectivity index (χ4v) is 3.45. The lowest BCUT2D eigenvalue weighted by Gasteiger charge is -2.29. The van der Waals surface area contributed by atoms with Gasteiger partial charge in [-0.2, -0.15) is 0 Å². The molecule has 3 atom stereocenters. The van der Waals surface area contributed by atoms with Crippen LogP contribution in [0, 0.1) is 11.8 Å². The highest BCUT2D eigenvalue weighted by Crippen LogP contribution is 2.18. The van der Waals surface area contributed by atoms with Crippen LogP contribution in [0.3, 0.4) is 0 Å². The first kappa shape index (κ1) is 29.1. The molecule has 1 aromatic carbocycles. The number of allylic oxidation sites excluding steroid dienone is 2. The maximum atomic E-state index is 12.9. The van der Waals surface area contributed by atoms with Crippen molar-refractivity contribution in [3.8, 4) is 0 Å². The van der Waals surface area contributed by atoms with Crippen LogP contribution in [0.1, 0.15) is 52.0 Å². The lowest BCUT2D eigenvalue weighted by molar-refractivity contribution is -0.151. The van der Waals surface area contributed by atoms with Gasteiger partial charge in [-0.1, -0.05) is 42.5 Å². The van der Waals surface area contributed by atoms with Crippen LogP contribution in [-0.4, -0.2) is 47.7 Å². The molecule has 0 aliphatic carbocycles. The molecule has 7 nitrogen and oxygen atoms in total. The number of carbonyl (C=O) groups is 3. The number of esters is 1. The molecule has 0 fully saturated rings. The van der Waals surface area contributed by atoms with Crippen LogP contribution in [-0.2, 0) is 25.5 Å². The first-order chi connectivity index (χ1) is 16.1. The summed E-state index contributed by atoms with van der Waals surface area (Å²) in [6.45, 7) is 12.5. The fraction of sp³-hybridized carbons (Fsp3) is 0.519. The van der Waals surface area contributed by atoms with Gasteiger partial charge in [0.05, 0.1) is 24.0 Å². The number of aliphatic hydroxyl groups is 1. The van der Waals surface area contributed by atoms with Gasteiger partial charge in [-0.3, -0.25) is 14.4 Å². The summed E-state index contributed by atoms with van der Waals surface area (Å²) in [7, 11) is 0. The average Bonchev–Trinajstić information content (AvgIpc) is 2.80. The van der Waals surface area contributed by atoms with Gasteiger partial charge >= 0.3 is 5.97 Å². The van der Waals surface area contributed by atoms with Gasteiger partial charge in [0.25, 0.3) is 0 Å². The third-order valence-corrected chi connectivity index (χ3v) is 5.35. The number of aliphatic hydroxyl groups excluding tert-OH is 1. The van der Waals surface area contributed by atoms with Crippen molar-refractivity contribution in [3.05, 3.63) is 61.2 Å². The summed E-state index contributed by atoms with van der Waals surface area (Å²) in [5, 5.41) is 14.6. The van der Waals surface area contributed by atoms with Gasteiger partial charge < -0.3 is 20.5 Å². The minimum Gasteiger partial charge on any atom is -0.463 e. The highest BCUT2D eigenvalue weighted by atomic mass is 16.5. The number of hydrogen-bond acceptors (Lipinski definition) is 5. The molecule has 34 heavy (non-hydrogen) atoms. The Balaban J connectivity index is 2.71. The largest absolute Gasteiger partial charge is 0.463 e. The van der Waals surface area contributed by atoms with Gasteiger partial charge in [0.15, 0.2) is 0 Å². The van der Waals surface area contributed by atoms with E-state index in [4.69, 9.17) is 9.84 Å². The molecule has 0 aliphatic heterocycles. The summed E-state index contributed by atoms with van der Waals surface area (Å²) in [5.41, 5.74) is 0.235. The summed E-state index contributed by atoms with van der Waals surface area (Å²) < 4.78 is 5.61. The van der Waals surface area contributed by atoms with E-state index in [9.17, 15) is 14.4 Å². The van der Waals surface area contributed by atoms with E-state index in [0.717, 1.165) is 5.56 Å². The van der Waals surface area contributed by atoms with Crippen LogP contribution in [0.15, 0.2) is 55.6 Å². The van der Waals surface area contributed by atoms with E-state index in [1.807, 2.05) is 30.3 Å². The Bertz CT molecular complexity index is 806. The zero-order valence-corrected chi connectivity index (χ0v) is 20.7. The van der Waals surface area contributed by atoms with Crippen LogP contribution in [0.5, 0.6) is 0 Å². The molecule has 0 heterocycles. The molecule has 0 bridgehead atoms. The number of hydrogen-bond donors (Lipinski definition) is 3. The second-order valence-electron chi connectivity index (χ2n) is 9.31. The Hall–Kier alpha value is -2.93. The number of nitrogens with one attached hydrogen (secondary N) is 2. The molecule has 2 amide bonds. The third kappa shape index (κ3) is 11.3. The SMILES string of the molecule is C=CCC[C@H](Cc1ccccc1)C(=O)OCC(C)(C)NC(=O)[C@@H](CC=C)CC(=O)N[C@H](C)CO. The van der Waals surface area contributed by atoms with Gasteiger partial charge in [-0.25, -0.2) is 0 Å². The van der Waals surface area contributed by atoms with E-state index in [1.165, 1.54) is 0 Å². The molecule has 0 unspecified atom stereocenters. The maximum absolute atomic E-state index is 12.9. The van der Waals surface area contributed by atoms with E-state index >= 15 is 0 Å². The van der Waals surface area contributed by atoms with Crippen molar-refractivity contribution in [1.29, 1.82) is 0 Å². The van der Waals surface area contributed by atoms with Crippen molar-refractivity contribution in [3.63, 3.8) is 0 Å². The second kappa shape index (κ2) is 15.1. The normalized spacial score (nSPS) is 13.8. The molecule has 0 aromatic heterocycles. The van der Waals surface area contributed by atoms with Crippen molar-refractivity contribution in [2.45, 2.75) is 64.5 Å². The summed E-state index contributed by atoms with van der Waals surface area (Å²) in [6, 6.07) is 9.39. The molecule has 0 saturated carbocycles. The van der Waals surface area contributed by atoms with Crippen LogP contribution < -0.4 is 10.6 Å². The van der Waals surface area contributed by atoms with E-state index in [1.54, 1.807) is 32.9 Å². The van der Waals surface area contributed by atoms with Crippen molar-refractivity contribution in [2.75, 3.05) is 13.2 Å². The minimum absolute atomic E-state index is 0.00546. The summed E-state index contributed by atoms with van der Waals surface area (Å²) in [6.07, 6.45) is 5.57. The van der Waals surface area contributed by atoms with Crippen molar-refractivity contribution < 1.29 is 24.2 Å². The number of rotatable bonds is 16. The van der Waals surface area contributed by atoms with Crippen molar-refractivity contribution >= 4 is 17.8 Å². The Morgan fingerprint density at radius 1 is 1.12 bits per heavy atom. The van der Waals surface area contributed by atoms with Gasteiger partial charge in [0.2, 0.25) is 11.8 Å². The standard InChI is InChI=1S/C27H40N2O5/c1-6-8-15-23(16-21-13-10-9-11-14-21)26(33)34-19-27(4,5)29-25(32)22(12-7-2)17-24(31)28-20(3)18-30/h6-7,9-11,13-14,20,22-23,30H,1-2,8,12,15-19H2,3-5H3,(H,28,31)(H,29,32)/t20-,22+,23-/m1/s1. The predicted molar refractivity (Wildman–Crippen MR) is 134 cm³/mol. The second-order valence-corrected chi connectivity index (χ2v) is 9.31. The molecule has 188 valence electrons. The summed E-state index contributed by atoms with van der Waals surface area (Å²) in [5.74, 6) is -1.87. The summed E-state index contributed by atoms with van der Waals surface area (Å²) in [4.78, 5) is 37.9. The Labute approximate surface area is 203 Å². The highest BCUT2D eigenvalue weighted by Gasteiger charge is 2.29. The smallest absolute Gasteiger partial charge is 0.309 e. The Morgan fingerprint density at radius 3 is 2.38 bits per heavy atom. The zero-order chi connectivity index (χ0) is 25.6. The lowest BCUT2D eigenvalue weighted by Crippen LogP contribution is -2.50. The number of amides is 2. The monoisotopic (exact) mass is 472 g/mol. The van der Waals surface area contributed by atoms with E-state index in [2.05, 4.69) is 23.8 Å². The van der Waals surface area contributed by atoms with Gasteiger partial charge in [-0.05, 0) is 52.0 Å². The highest BCUT2D eigenvalue weighted by molar-refractivity contribution is 5.86. The van der Waals surface area contributed by atoms with Gasteiger partial charge in [-0.15, -0.1) is 13.2 Å². The first-order valence-electron chi connectivity index (χ1n) is 11.8. The van der Waals surface area contributed by atoms with Crippen LogP contribution in [0.2, 0.25) is 0 Å². The zero-order valence-electron chi connectivity index (χ0n) is 20.7. The van der Waals surface area contributed by atoms with Gasteiger partial charge in [0, 0.05) is 12.5 Å². The van der Waals surface area contributed by atoms with Gasteiger partial charge in [0.1, 0.15) is 6.61 Å². The molecule has 0 saturated heterocycles. The molecule has 7 heteroatoms. The minimum atomic E-state index is -0.823.